The average Bonchev–Trinajstić information content (AvgIpc) is 2.57. The molecule has 132 valence electrons. The van der Waals surface area contributed by atoms with Gasteiger partial charge in [0, 0.05) is 24.7 Å². The number of rotatable bonds is 5. The molecule has 0 aliphatic carbocycles. The zero-order valence-corrected chi connectivity index (χ0v) is 15.7. The summed E-state index contributed by atoms with van der Waals surface area (Å²) >= 11 is 0. The van der Waals surface area contributed by atoms with Crippen LogP contribution in [0.25, 0.3) is 17.2 Å². The molecule has 0 saturated heterocycles. The quantitative estimate of drug-likeness (QED) is 0.640. The van der Waals surface area contributed by atoms with Gasteiger partial charge in [0.1, 0.15) is 0 Å². The monoisotopic (exact) mass is 336 g/mol. The molecule has 0 fully saturated rings. The summed E-state index contributed by atoms with van der Waals surface area (Å²) in [5.41, 5.74) is 11.6. The van der Waals surface area contributed by atoms with Gasteiger partial charge in [-0.25, -0.2) is 0 Å². The van der Waals surface area contributed by atoms with Crippen LogP contribution in [-0.2, 0) is 11.3 Å². The fraction of sp³-hybridized carbons (Fsp3) is 0.227. The molecule has 0 unspecified atom stereocenters. The Morgan fingerprint density at radius 3 is 2.24 bits per heavy atom. The lowest BCUT2D eigenvalue weighted by Gasteiger charge is -2.14. The normalized spacial score (nSPS) is 10.7. The van der Waals surface area contributed by atoms with Crippen LogP contribution in [-0.4, -0.2) is 24.8 Å². The smallest absolute Gasteiger partial charge is 0.156 e. The van der Waals surface area contributed by atoms with E-state index in [1.54, 1.807) is 6.08 Å². The van der Waals surface area contributed by atoms with Crippen LogP contribution in [0, 0.1) is 13.8 Å². The van der Waals surface area contributed by atoms with Crippen molar-refractivity contribution in [2.75, 3.05) is 19.8 Å². The van der Waals surface area contributed by atoms with Crippen molar-refractivity contribution in [3.05, 3.63) is 73.0 Å². The third-order valence-electron chi connectivity index (χ3n) is 3.55. The molecule has 25 heavy (non-hydrogen) atoms. The van der Waals surface area contributed by atoms with Crippen LogP contribution in [0.3, 0.4) is 0 Å². The lowest BCUT2D eigenvalue weighted by atomic mass is 9.93. The molecule has 0 atom stereocenters. The van der Waals surface area contributed by atoms with Gasteiger partial charge >= 0.3 is 0 Å². The Balaban J connectivity index is 0.00000151. The lowest BCUT2D eigenvalue weighted by molar-refractivity contribution is -0.110. The van der Waals surface area contributed by atoms with E-state index in [4.69, 9.17) is 5.73 Å². The van der Waals surface area contributed by atoms with E-state index in [1.807, 2.05) is 52.2 Å². The molecule has 0 aliphatic rings. The van der Waals surface area contributed by atoms with Crippen molar-refractivity contribution in [1.29, 1.82) is 0 Å². The largest absolute Gasteiger partial charge is 0.398 e. The minimum absolute atomic E-state index is 0.251. The van der Waals surface area contributed by atoms with Gasteiger partial charge in [0.25, 0.3) is 0 Å². The minimum atomic E-state index is -0.251. The highest BCUT2D eigenvalue weighted by molar-refractivity contribution is 5.98. The van der Waals surface area contributed by atoms with Gasteiger partial charge in [-0.2, -0.15) is 0 Å². The van der Waals surface area contributed by atoms with E-state index in [9.17, 15) is 4.79 Å². The minimum Gasteiger partial charge on any atom is -0.398 e. The maximum Gasteiger partial charge on any atom is 0.156 e. The molecule has 0 aromatic heterocycles. The number of ketones is 1. The number of hydrogen-bond acceptors (Lipinski definition) is 3. The first-order valence-corrected chi connectivity index (χ1v) is 8.41. The van der Waals surface area contributed by atoms with E-state index in [2.05, 4.69) is 30.9 Å². The van der Waals surface area contributed by atoms with Gasteiger partial charge in [-0.3, -0.25) is 4.79 Å². The van der Waals surface area contributed by atoms with E-state index in [0.717, 1.165) is 28.8 Å². The van der Waals surface area contributed by atoms with Crippen molar-refractivity contribution in [3.63, 3.8) is 0 Å². The second-order valence-electron chi connectivity index (χ2n) is 5.84. The summed E-state index contributed by atoms with van der Waals surface area (Å²) in [6.07, 6.45) is 3.17. The van der Waals surface area contributed by atoms with Crippen molar-refractivity contribution in [2.24, 2.45) is 0 Å². The van der Waals surface area contributed by atoms with Crippen LogP contribution >= 0.6 is 0 Å². The SMILES string of the molecule is CC.[CH2]C(=O)/C=C\c1c([CH2])ccc(N)c1-c1ccc(CN(C)C)cc1. The van der Waals surface area contributed by atoms with Crippen molar-refractivity contribution in [1.82, 2.24) is 4.90 Å². The summed E-state index contributed by atoms with van der Waals surface area (Å²) in [7, 11) is 4.08. The first-order chi connectivity index (χ1) is 11.9. The average molecular weight is 336 g/mol. The fourth-order valence-corrected chi connectivity index (χ4v) is 2.51. The standard InChI is InChI=1S/C20H22N2O.C2H6/c1-14-5-12-19(21)20(18(14)11-6-15(2)23)17-9-7-16(8-10-17)13-22(3)4;1-2/h5-12H,1-2,13,21H2,3-4H3;1-2H3/b11-6-;. The fourth-order valence-electron chi connectivity index (χ4n) is 2.51. The molecule has 0 amide bonds. The van der Waals surface area contributed by atoms with E-state index >= 15 is 0 Å². The maximum atomic E-state index is 11.2. The Bertz CT molecular complexity index is 728. The number of nitrogen functional groups attached to an aromatic ring is 1. The van der Waals surface area contributed by atoms with Crippen LogP contribution in [0.2, 0.25) is 0 Å². The van der Waals surface area contributed by atoms with E-state index in [0.29, 0.717) is 5.69 Å². The van der Waals surface area contributed by atoms with Crippen molar-refractivity contribution in [2.45, 2.75) is 20.4 Å². The molecule has 0 aliphatic heterocycles. The molecule has 3 heteroatoms. The van der Waals surface area contributed by atoms with E-state index in [-0.39, 0.29) is 5.78 Å². The van der Waals surface area contributed by atoms with Crippen molar-refractivity contribution in [3.8, 4) is 11.1 Å². The van der Waals surface area contributed by atoms with Gasteiger partial charge < -0.3 is 10.6 Å². The number of carbonyl (C=O) groups is 1. The predicted octanol–water partition coefficient (Wildman–Crippen LogP) is 4.62. The Morgan fingerprint density at radius 2 is 1.72 bits per heavy atom. The Labute approximate surface area is 152 Å². The van der Waals surface area contributed by atoms with Crippen LogP contribution < -0.4 is 5.73 Å². The summed E-state index contributed by atoms with van der Waals surface area (Å²) in [6, 6.07) is 12.0. The van der Waals surface area contributed by atoms with Gasteiger partial charge in [-0.15, -0.1) is 0 Å². The van der Waals surface area contributed by atoms with E-state index < -0.39 is 0 Å². The first-order valence-electron chi connectivity index (χ1n) is 8.41. The highest BCUT2D eigenvalue weighted by atomic mass is 16.1. The second-order valence-corrected chi connectivity index (χ2v) is 5.84. The number of nitrogens with zero attached hydrogens (tertiary/aromatic N) is 1. The third kappa shape index (κ3) is 5.87. The number of carbonyl (C=O) groups excluding carboxylic acids is 1. The molecule has 2 N–H and O–H groups in total. The number of anilines is 1. The molecule has 0 heterocycles. The summed E-state index contributed by atoms with van der Waals surface area (Å²) in [5.74, 6) is -0.251. The Hall–Kier alpha value is -2.39. The number of nitrogens with two attached hydrogens (primary N) is 1. The zero-order valence-electron chi connectivity index (χ0n) is 15.7. The molecule has 0 spiro atoms. The van der Waals surface area contributed by atoms with Crippen LogP contribution in [0.5, 0.6) is 0 Å². The zero-order chi connectivity index (χ0) is 19.0. The molecule has 0 bridgehead atoms. The topological polar surface area (TPSA) is 46.3 Å². The lowest BCUT2D eigenvalue weighted by Crippen LogP contribution is -2.10. The highest BCUT2D eigenvalue weighted by Crippen LogP contribution is 2.33. The van der Waals surface area contributed by atoms with Gasteiger partial charge in [-0.05, 0) is 55.4 Å². The van der Waals surface area contributed by atoms with Gasteiger partial charge in [0.15, 0.2) is 5.78 Å². The third-order valence-corrected chi connectivity index (χ3v) is 3.55. The molecular formula is C22H28N2O. The van der Waals surface area contributed by atoms with Gasteiger partial charge in [0.05, 0.1) is 0 Å². The molecule has 0 saturated carbocycles. The van der Waals surface area contributed by atoms with Gasteiger partial charge in [0.2, 0.25) is 0 Å². The summed E-state index contributed by atoms with van der Waals surface area (Å²) < 4.78 is 0. The molecule has 2 aromatic rings. The summed E-state index contributed by atoms with van der Waals surface area (Å²) in [6.45, 7) is 12.3. The Kier molecular flexibility index (Phi) is 8.09. The van der Waals surface area contributed by atoms with Crippen molar-refractivity contribution < 1.29 is 4.79 Å². The molecule has 2 radical (unpaired) electrons. The van der Waals surface area contributed by atoms with Crippen LogP contribution in [0.4, 0.5) is 5.69 Å². The summed E-state index contributed by atoms with van der Waals surface area (Å²) in [5, 5.41) is 0. The molecule has 3 nitrogen and oxygen atoms in total. The maximum absolute atomic E-state index is 11.2. The van der Waals surface area contributed by atoms with E-state index in [1.165, 1.54) is 11.6 Å². The molecular weight excluding hydrogens is 308 g/mol. The summed E-state index contributed by atoms with van der Waals surface area (Å²) in [4.78, 5) is 13.3. The predicted molar refractivity (Wildman–Crippen MR) is 109 cm³/mol. The first kappa shape index (κ1) is 20.7. The molecule has 2 aromatic carbocycles. The van der Waals surface area contributed by atoms with Crippen molar-refractivity contribution >= 4 is 17.5 Å². The Morgan fingerprint density at radius 1 is 1.12 bits per heavy atom. The highest BCUT2D eigenvalue weighted by Gasteiger charge is 2.10. The molecule has 2 rings (SSSR count). The number of benzene rings is 2. The van der Waals surface area contributed by atoms with Crippen LogP contribution in [0.1, 0.15) is 30.5 Å². The number of hydrogen-bond donors (Lipinski definition) is 1. The number of allylic oxidation sites excluding steroid dienone is 1. The second kappa shape index (κ2) is 9.80. The van der Waals surface area contributed by atoms with Gasteiger partial charge in [-0.1, -0.05) is 50.3 Å². The van der Waals surface area contributed by atoms with Crippen LogP contribution in [0.15, 0.2) is 42.5 Å².